The van der Waals surface area contributed by atoms with E-state index in [0.29, 0.717) is 12.6 Å². The molecule has 2 rings (SSSR count). The van der Waals surface area contributed by atoms with E-state index in [1.54, 1.807) is 0 Å². The molecule has 92 valence electrons. The molecule has 2 heterocycles. The molecule has 0 aromatic carbocycles. The maximum atomic E-state index is 12.1. The summed E-state index contributed by atoms with van der Waals surface area (Å²) in [7, 11) is 0. The minimum Gasteiger partial charge on any atom is -0.373 e. The average Bonchev–Trinajstić information content (AvgIpc) is 2.76. The minimum atomic E-state index is -0.122. The summed E-state index contributed by atoms with van der Waals surface area (Å²) >= 11 is 0. The fourth-order valence-corrected chi connectivity index (χ4v) is 2.59. The summed E-state index contributed by atoms with van der Waals surface area (Å²) in [5.74, 6) is 0.585. The van der Waals surface area contributed by atoms with Crippen LogP contribution in [0.3, 0.4) is 0 Å². The van der Waals surface area contributed by atoms with Gasteiger partial charge in [0.05, 0.1) is 24.9 Å². The van der Waals surface area contributed by atoms with E-state index in [2.05, 4.69) is 26.1 Å². The van der Waals surface area contributed by atoms with Gasteiger partial charge in [0.1, 0.15) is 0 Å². The first-order chi connectivity index (χ1) is 7.52. The van der Waals surface area contributed by atoms with E-state index in [1.165, 1.54) is 0 Å². The van der Waals surface area contributed by atoms with Gasteiger partial charge in [0.25, 0.3) is 0 Å². The molecular weight excluding hydrogens is 204 g/mol. The molecule has 2 fully saturated rings. The van der Waals surface area contributed by atoms with Crippen molar-refractivity contribution in [3.05, 3.63) is 0 Å². The molecule has 2 aliphatic rings. The monoisotopic (exact) mass is 226 g/mol. The summed E-state index contributed by atoms with van der Waals surface area (Å²) in [6.07, 6.45) is 2.17. The van der Waals surface area contributed by atoms with Crippen LogP contribution in [0.15, 0.2) is 0 Å². The zero-order valence-corrected chi connectivity index (χ0v) is 10.5. The van der Waals surface area contributed by atoms with Crippen molar-refractivity contribution in [2.45, 2.75) is 45.3 Å². The molecule has 16 heavy (non-hydrogen) atoms. The van der Waals surface area contributed by atoms with Gasteiger partial charge in [-0.25, -0.2) is 0 Å². The molecule has 0 radical (unpaired) electrons. The van der Waals surface area contributed by atoms with Crippen molar-refractivity contribution in [1.82, 2.24) is 10.2 Å². The summed E-state index contributed by atoms with van der Waals surface area (Å²) in [5.41, 5.74) is -0.122. The van der Waals surface area contributed by atoms with Crippen LogP contribution in [0.2, 0.25) is 0 Å². The van der Waals surface area contributed by atoms with E-state index in [-0.39, 0.29) is 17.6 Å². The van der Waals surface area contributed by atoms with Gasteiger partial charge < -0.3 is 9.64 Å². The predicted molar refractivity (Wildman–Crippen MR) is 61.9 cm³/mol. The van der Waals surface area contributed by atoms with Crippen molar-refractivity contribution in [3.8, 4) is 0 Å². The van der Waals surface area contributed by atoms with Crippen LogP contribution >= 0.6 is 0 Å². The third-order valence-electron chi connectivity index (χ3n) is 3.57. The second kappa shape index (κ2) is 4.34. The molecule has 4 heteroatoms. The quantitative estimate of drug-likeness (QED) is 0.779. The van der Waals surface area contributed by atoms with Gasteiger partial charge in [-0.2, -0.15) is 0 Å². The van der Waals surface area contributed by atoms with Crippen LogP contribution in [0, 0.1) is 5.92 Å². The van der Waals surface area contributed by atoms with E-state index in [1.807, 2.05) is 4.90 Å². The largest absolute Gasteiger partial charge is 0.373 e. The van der Waals surface area contributed by atoms with Gasteiger partial charge in [-0.3, -0.25) is 10.1 Å². The van der Waals surface area contributed by atoms with Crippen LogP contribution < -0.4 is 5.32 Å². The SMILES string of the molecule is CC(C)C1NCN(CC2(C)CCCO2)C1=O. The molecule has 0 aliphatic carbocycles. The van der Waals surface area contributed by atoms with Crippen LogP contribution in [0.25, 0.3) is 0 Å². The van der Waals surface area contributed by atoms with Crippen molar-refractivity contribution in [2.75, 3.05) is 19.8 Å². The van der Waals surface area contributed by atoms with Gasteiger partial charge in [-0.15, -0.1) is 0 Å². The minimum absolute atomic E-state index is 0.00926. The molecule has 2 aliphatic heterocycles. The zero-order valence-electron chi connectivity index (χ0n) is 10.5. The maximum Gasteiger partial charge on any atom is 0.241 e. The van der Waals surface area contributed by atoms with E-state index >= 15 is 0 Å². The zero-order chi connectivity index (χ0) is 11.8. The number of carbonyl (C=O) groups excluding carboxylic acids is 1. The topological polar surface area (TPSA) is 41.6 Å². The Morgan fingerprint density at radius 3 is 2.88 bits per heavy atom. The Bertz CT molecular complexity index is 272. The molecule has 2 atom stereocenters. The highest BCUT2D eigenvalue weighted by Gasteiger charge is 2.39. The first-order valence-corrected chi connectivity index (χ1v) is 6.18. The van der Waals surface area contributed by atoms with Crippen molar-refractivity contribution in [2.24, 2.45) is 5.92 Å². The van der Waals surface area contributed by atoms with Crippen molar-refractivity contribution in [3.63, 3.8) is 0 Å². The fourth-order valence-electron chi connectivity index (χ4n) is 2.59. The van der Waals surface area contributed by atoms with E-state index in [9.17, 15) is 4.79 Å². The number of hydrogen-bond donors (Lipinski definition) is 1. The second-order valence-electron chi connectivity index (χ2n) is 5.52. The van der Waals surface area contributed by atoms with Gasteiger partial charge in [0.15, 0.2) is 0 Å². The Labute approximate surface area is 97.3 Å². The number of carbonyl (C=O) groups is 1. The first-order valence-electron chi connectivity index (χ1n) is 6.18. The number of nitrogens with zero attached hydrogens (tertiary/aromatic N) is 1. The maximum absolute atomic E-state index is 12.1. The Kier molecular flexibility index (Phi) is 3.22. The van der Waals surface area contributed by atoms with E-state index in [0.717, 1.165) is 26.0 Å². The highest BCUT2D eigenvalue weighted by molar-refractivity contribution is 5.84. The Morgan fingerprint density at radius 2 is 2.38 bits per heavy atom. The molecule has 4 nitrogen and oxygen atoms in total. The summed E-state index contributed by atoms with van der Waals surface area (Å²) < 4.78 is 5.72. The molecule has 0 aromatic rings. The molecule has 0 saturated carbocycles. The standard InChI is InChI=1S/C12H22N2O2/c1-9(2)10-11(15)14(8-13-10)7-12(3)5-4-6-16-12/h9-10,13H,4-8H2,1-3H3. The van der Waals surface area contributed by atoms with Crippen LogP contribution in [-0.2, 0) is 9.53 Å². The predicted octanol–water partition coefficient (Wildman–Crippen LogP) is 0.969. The molecule has 0 bridgehead atoms. The van der Waals surface area contributed by atoms with Crippen LogP contribution in [0.4, 0.5) is 0 Å². The number of hydrogen-bond acceptors (Lipinski definition) is 3. The van der Waals surface area contributed by atoms with Gasteiger partial charge in [-0.1, -0.05) is 13.8 Å². The number of amides is 1. The third kappa shape index (κ3) is 2.23. The lowest BCUT2D eigenvalue weighted by atomic mass is 10.0. The Morgan fingerprint density at radius 1 is 1.62 bits per heavy atom. The average molecular weight is 226 g/mol. The molecule has 1 amide bonds. The molecule has 1 N–H and O–H groups in total. The van der Waals surface area contributed by atoms with E-state index in [4.69, 9.17) is 4.74 Å². The van der Waals surface area contributed by atoms with Gasteiger partial charge in [-0.05, 0) is 25.7 Å². The van der Waals surface area contributed by atoms with Crippen LogP contribution in [0.5, 0.6) is 0 Å². The molecule has 0 aromatic heterocycles. The summed E-state index contributed by atoms with van der Waals surface area (Å²) in [5, 5.41) is 3.27. The Hall–Kier alpha value is -0.610. The molecule has 2 saturated heterocycles. The summed E-state index contributed by atoms with van der Waals surface area (Å²) in [6.45, 7) is 8.48. The van der Waals surface area contributed by atoms with Gasteiger partial charge >= 0.3 is 0 Å². The summed E-state index contributed by atoms with van der Waals surface area (Å²) in [4.78, 5) is 14.0. The second-order valence-corrected chi connectivity index (χ2v) is 5.52. The lowest BCUT2D eigenvalue weighted by Crippen LogP contribution is -2.43. The van der Waals surface area contributed by atoms with Crippen molar-refractivity contribution in [1.29, 1.82) is 0 Å². The van der Waals surface area contributed by atoms with Crippen molar-refractivity contribution >= 4 is 5.91 Å². The number of ether oxygens (including phenoxy) is 1. The van der Waals surface area contributed by atoms with Gasteiger partial charge in [0.2, 0.25) is 5.91 Å². The number of rotatable bonds is 3. The number of nitrogens with one attached hydrogen (secondary N) is 1. The third-order valence-corrected chi connectivity index (χ3v) is 3.57. The van der Waals surface area contributed by atoms with Crippen LogP contribution in [0.1, 0.15) is 33.6 Å². The summed E-state index contributed by atoms with van der Waals surface area (Å²) in [6, 6.07) is -0.00926. The van der Waals surface area contributed by atoms with E-state index < -0.39 is 0 Å². The lowest BCUT2D eigenvalue weighted by Gasteiger charge is -2.28. The van der Waals surface area contributed by atoms with Crippen LogP contribution in [-0.4, -0.2) is 42.3 Å². The lowest BCUT2D eigenvalue weighted by molar-refractivity contribution is -0.132. The van der Waals surface area contributed by atoms with Gasteiger partial charge in [0, 0.05) is 6.61 Å². The molecular formula is C12H22N2O2. The highest BCUT2D eigenvalue weighted by Crippen LogP contribution is 2.27. The molecule has 0 spiro atoms. The molecule has 2 unspecified atom stereocenters. The first kappa shape index (κ1) is 11.9. The smallest absolute Gasteiger partial charge is 0.241 e. The Balaban J connectivity index is 1.94. The highest BCUT2D eigenvalue weighted by atomic mass is 16.5. The van der Waals surface area contributed by atoms with Crippen molar-refractivity contribution < 1.29 is 9.53 Å². The normalized spacial score (nSPS) is 35.4. The fraction of sp³-hybridized carbons (Fsp3) is 0.917.